The molecule has 0 aromatic carbocycles. The number of carbonyl (C=O) groups excluding carboxylic acids is 1. The number of hydrogen-bond acceptors (Lipinski definition) is 2. The van der Waals surface area contributed by atoms with Crippen molar-refractivity contribution >= 4 is 17.7 Å². The molecular weight excluding hydrogens is 182 g/mol. The van der Waals surface area contributed by atoms with Gasteiger partial charge in [-0.15, -0.1) is 11.8 Å². The van der Waals surface area contributed by atoms with Crippen LogP contribution in [-0.2, 0) is 4.79 Å². The summed E-state index contributed by atoms with van der Waals surface area (Å²) in [6, 6.07) is 0. The second-order valence-electron chi connectivity index (χ2n) is 3.58. The second-order valence-corrected chi connectivity index (χ2v) is 4.95. The minimum absolute atomic E-state index is 0.176. The Kier molecular flexibility index (Phi) is 2.44. The third-order valence-corrected chi connectivity index (χ3v) is 3.93. The monoisotopic (exact) mass is 195 g/mol. The number of allylic oxidation sites excluding steroid dienone is 4. The summed E-state index contributed by atoms with van der Waals surface area (Å²) in [7, 11) is 0. The van der Waals surface area contributed by atoms with E-state index < -0.39 is 0 Å². The zero-order valence-corrected chi connectivity index (χ0v) is 8.22. The highest BCUT2D eigenvalue weighted by Crippen LogP contribution is 2.46. The van der Waals surface area contributed by atoms with Gasteiger partial charge in [-0.2, -0.15) is 0 Å². The molecule has 1 amide bonds. The van der Waals surface area contributed by atoms with E-state index in [0.717, 1.165) is 12.8 Å². The summed E-state index contributed by atoms with van der Waals surface area (Å²) in [5, 5.41) is 0.425. The Bertz CT molecular complexity index is 283. The molecule has 2 N–H and O–H groups in total. The molecular formula is C10H13NOS. The van der Waals surface area contributed by atoms with Crippen LogP contribution in [0.2, 0.25) is 0 Å². The van der Waals surface area contributed by atoms with Crippen LogP contribution in [-0.4, -0.2) is 11.2 Å². The largest absolute Gasteiger partial charge is 0.370 e. The molecule has 2 unspecified atom stereocenters. The third-order valence-electron chi connectivity index (χ3n) is 2.50. The predicted octanol–water partition coefficient (Wildman–Crippen LogP) is 1.83. The van der Waals surface area contributed by atoms with Gasteiger partial charge in [0, 0.05) is 11.7 Å². The van der Waals surface area contributed by atoms with Crippen molar-refractivity contribution in [2.24, 2.45) is 11.7 Å². The van der Waals surface area contributed by atoms with Crippen LogP contribution in [0.15, 0.2) is 23.1 Å². The number of primary amides is 1. The quantitative estimate of drug-likeness (QED) is 0.730. The first kappa shape index (κ1) is 8.88. The number of amides is 1. The first-order chi connectivity index (χ1) is 6.25. The first-order valence-corrected chi connectivity index (χ1v) is 5.45. The van der Waals surface area contributed by atoms with Crippen molar-refractivity contribution in [3.05, 3.63) is 23.1 Å². The van der Waals surface area contributed by atoms with Gasteiger partial charge in [-0.1, -0.05) is 18.2 Å². The van der Waals surface area contributed by atoms with Crippen molar-refractivity contribution in [2.75, 3.05) is 0 Å². The number of thioether (sulfide) groups is 1. The molecule has 70 valence electrons. The molecule has 0 saturated carbocycles. The maximum absolute atomic E-state index is 10.7. The SMILES string of the molecule is NC(=O)CC1CC2CC=CC=C2S1. The van der Waals surface area contributed by atoms with Gasteiger partial charge in [-0.3, -0.25) is 4.79 Å². The Morgan fingerprint density at radius 3 is 3.23 bits per heavy atom. The van der Waals surface area contributed by atoms with Gasteiger partial charge < -0.3 is 5.73 Å². The normalized spacial score (nSPS) is 31.2. The van der Waals surface area contributed by atoms with Gasteiger partial charge in [0.15, 0.2) is 0 Å². The Hall–Kier alpha value is -0.700. The van der Waals surface area contributed by atoms with Crippen molar-refractivity contribution in [1.82, 2.24) is 0 Å². The van der Waals surface area contributed by atoms with Crippen LogP contribution in [0.4, 0.5) is 0 Å². The van der Waals surface area contributed by atoms with Crippen molar-refractivity contribution < 1.29 is 4.79 Å². The molecule has 1 aliphatic heterocycles. The van der Waals surface area contributed by atoms with Crippen LogP contribution in [0.3, 0.4) is 0 Å². The van der Waals surface area contributed by atoms with Gasteiger partial charge in [-0.25, -0.2) is 0 Å². The van der Waals surface area contributed by atoms with Gasteiger partial charge in [0.25, 0.3) is 0 Å². The van der Waals surface area contributed by atoms with Crippen molar-refractivity contribution in [3.63, 3.8) is 0 Å². The van der Waals surface area contributed by atoms with E-state index in [0.29, 0.717) is 17.6 Å². The average Bonchev–Trinajstić information content (AvgIpc) is 2.44. The molecule has 1 saturated heterocycles. The topological polar surface area (TPSA) is 43.1 Å². The summed E-state index contributed by atoms with van der Waals surface area (Å²) in [6.07, 6.45) is 9.24. The summed E-state index contributed by atoms with van der Waals surface area (Å²) in [6.45, 7) is 0. The predicted molar refractivity (Wildman–Crippen MR) is 55.1 cm³/mol. The lowest BCUT2D eigenvalue weighted by atomic mass is 9.95. The fraction of sp³-hybridized carbons (Fsp3) is 0.500. The molecule has 2 rings (SSSR count). The molecule has 0 spiro atoms. The molecule has 3 heteroatoms. The van der Waals surface area contributed by atoms with E-state index >= 15 is 0 Å². The Labute approximate surface area is 82.3 Å². The van der Waals surface area contributed by atoms with Gasteiger partial charge in [0.2, 0.25) is 5.91 Å². The summed E-state index contributed by atoms with van der Waals surface area (Å²) in [4.78, 5) is 12.2. The Morgan fingerprint density at radius 1 is 1.69 bits per heavy atom. The number of nitrogens with two attached hydrogens (primary N) is 1. The maximum Gasteiger partial charge on any atom is 0.218 e. The maximum atomic E-state index is 10.7. The molecule has 1 heterocycles. The van der Waals surface area contributed by atoms with E-state index in [-0.39, 0.29) is 5.91 Å². The molecule has 1 fully saturated rings. The van der Waals surface area contributed by atoms with Crippen LogP contribution in [0.5, 0.6) is 0 Å². The fourth-order valence-corrected chi connectivity index (χ4v) is 3.42. The lowest BCUT2D eigenvalue weighted by Gasteiger charge is -2.09. The van der Waals surface area contributed by atoms with Gasteiger partial charge in [0.05, 0.1) is 0 Å². The van der Waals surface area contributed by atoms with Gasteiger partial charge >= 0.3 is 0 Å². The molecule has 2 nitrogen and oxygen atoms in total. The van der Waals surface area contributed by atoms with E-state index in [4.69, 9.17) is 5.73 Å². The standard InChI is InChI=1S/C10H13NOS/c11-10(12)6-8-5-7-3-1-2-4-9(7)13-8/h1-2,4,7-8H,3,5-6H2,(H2,11,12). The lowest BCUT2D eigenvalue weighted by molar-refractivity contribution is -0.118. The fourth-order valence-electron chi connectivity index (χ4n) is 1.91. The minimum Gasteiger partial charge on any atom is -0.370 e. The van der Waals surface area contributed by atoms with E-state index in [1.54, 1.807) is 0 Å². The number of hydrogen-bond donors (Lipinski definition) is 1. The summed E-state index contributed by atoms with van der Waals surface area (Å²) in [5.41, 5.74) is 5.17. The van der Waals surface area contributed by atoms with Crippen LogP contribution in [0, 0.1) is 5.92 Å². The number of rotatable bonds is 2. The number of carbonyl (C=O) groups is 1. The molecule has 1 aliphatic carbocycles. The van der Waals surface area contributed by atoms with E-state index in [1.807, 2.05) is 11.8 Å². The van der Waals surface area contributed by atoms with E-state index in [9.17, 15) is 4.79 Å². The molecule has 0 aromatic rings. The Morgan fingerprint density at radius 2 is 2.54 bits per heavy atom. The molecule has 2 aliphatic rings. The van der Waals surface area contributed by atoms with E-state index in [2.05, 4.69) is 18.2 Å². The van der Waals surface area contributed by atoms with Crippen LogP contribution in [0.1, 0.15) is 19.3 Å². The van der Waals surface area contributed by atoms with Crippen LogP contribution >= 0.6 is 11.8 Å². The summed E-state index contributed by atoms with van der Waals surface area (Å²) >= 11 is 1.83. The summed E-state index contributed by atoms with van der Waals surface area (Å²) in [5.74, 6) is 0.490. The molecule has 0 radical (unpaired) electrons. The smallest absolute Gasteiger partial charge is 0.218 e. The minimum atomic E-state index is -0.176. The van der Waals surface area contributed by atoms with Crippen LogP contribution < -0.4 is 5.73 Å². The van der Waals surface area contributed by atoms with Crippen LogP contribution in [0.25, 0.3) is 0 Å². The van der Waals surface area contributed by atoms with Gasteiger partial charge in [-0.05, 0) is 23.7 Å². The molecule has 0 aromatic heterocycles. The van der Waals surface area contributed by atoms with Crippen molar-refractivity contribution in [1.29, 1.82) is 0 Å². The lowest BCUT2D eigenvalue weighted by Crippen LogP contribution is -2.16. The molecule has 2 atom stereocenters. The molecule has 13 heavy (non-hydrogen) atoms. The first-order valence-electron chi connectivity index (χ1n) is 4.57. The highest BCUT2D eigenvalue weighted by molar-refractivity contribution is 8.04. The number of fused-ring (bicyclic) bond motifs is 1. The Balaban J connectivity index is 1.98. The highest BCUT2D eigenvalue weighted by Gasteiger charge is 2.30. The van der Waals surface area contributed by atoms with Gasteiger partial charge in [0.1, 0.15) is 0 Å². The van der Waals surface area contributed by atoms with E-state index in [1.165, 1.54) is 4.91 Å². The highest BCUT2D eigenvalue weighted by atomic mass is 32.2. The van der Waals surface area contributed by atoms with Crippen molar-refractivity contribution in [2.45, 2.75) is 24.5 Å². The molecule has 0 bridgehead atoms. The zero-order valence-electron chi connectivity index (χ0n) is 7.40. The zero-order chi connectivity index (χ0) is 9.26. The second kappa shape index (κ2) is 3.58. The van der Waals surface area contributed by atoms with Crippen molar-refractivity contribution in [3.8, 4) is 0 Å². The third kappa shape index (κ3) is 1.97. The summed E-state index contributed by atoms with van der Waals surface area (Å²) < 4.78 is 0. The average molecular weight is 195 g/mol.